The van der Waals surface area contributed by atoms with Crippen molar-refractivity contribution in [3.63, 3.8) is 0 Å². The van der Waals surface area contributed by atoms with Crippen molar-refractivity contribution < 1.29 is 44.2 Å². The standard InChI is InChI=1S/C61H110O9/c1-3-5-7-9-11-13-15-17-19-21-23-25-26-27-28-29-31-33-35-37-39-41-43-45-47-49-51-67-53-55(54-68-61-60(66)59(65)58(64)56(52-62)70-61)69-57(63)50-48-46-44-42-40-38-36-34-32-30-24-22-20-18-16-14-12-10-8-6-4-2/h5,7,11,13,17,19,22-25,55-56,58-62,64-66H,3-4,6,8-10,12,14-16,18,20-21,26-54H2,1-2H3/b7-5-,13-11-,19-17-,24-22-,25-23-. The Morgan fingerprint density at radius 2 is 0.871 bits per heavy atom. The Morgan fingerprint density at radius 3 is 1.33 bits per heavy atom. The quantitative estimate of drug-likeness (QED) is 0.0267. The molecule has 6 unspecified atom stereocenters. The van der Waals surface area contributed by atoms with Gasteiger partial charge in [-0.1, -0.05) is 235 Å². The first kappa shape index (κ1) is 65.9. The molecule has 0 aromatic heterocycles. The zero-order valence-corrected chi connectivity index (χ0v) is 45.3. The minimum Gasteiger partial charge on any atom is -0.457 e. The topological polar surface area (TPSA) is 135 Å². The molecule has 0 aliphatic carbocycles. The molecule has 1 fully saturated rings. The minimum absolute atomic E-state index is 0.114. The van der Waals surface area contributed by atoms with Gasteiger partial charge in [-0.15, -0.1) is 0 Å². The van der Waals surface area contributed by atoms with Crippen LogP contribution in [0.3, 0.4) is 0 Å². The molecule has 4 N–H and O–H groups in total. The summed E-state index contributed by atoms with van der Waals surface area (Å²) in [5.74, 6) is -0.314. The van der Waals surface area contributed by atoms with Crippen molar-refractivity contribution >= 4 is 5.97 Å². The predicted molar refractivity (Wildman–Crippen MR) is 293 cm³/mol. The van der Waals surface area contributed by atoms with Crippen LogP contribution in [-0.2, 0) is 23.7 Å². The summed E-state index contributed by atoms with van der Waals surface area (Å²) in [5.41, 5.74) is 0. The predicted octanol–water partition coefficient (Wildman–Crippen LogP) is 15.4. The third-order valence-electron chi connectivity index (χ3n) is 13.4. The summed E-state index contributed by atoms with van der Waals surface area (Å²) in [5, 5.41) is 40.4. The van der Waals surface area contributed by atoms with Crippen molar-refractivity contribution in [2.75, 3.05) is 26.4 Å². The van der Waals surface area contributed by atoms with Crippen molar-refractivity contribution in [2.24, 2.45) is 0 Å². The van der Waals surface area contributed by atoms with E-state index in [2.05, 4.69) is 74.6 Å². The summed E-state index contributed by atoms with van der Waals surface area (Å²) in [7, 11) is 0. The van der Waals surface area contributed by atoms with Crippen molar-refractivity contribution in [1.82, 2.24) is 0 Å². The first-order chi connectivity index (χ1) is 34.4. The monoisotopic (exact) mass is 987 g/mol. The normalized spacial score (nSPS) is 19.3. The van der Waals surface area contributed by atoms with Crippen LogP contribution in [0.15, 0.2) is 60.8 Å². The molecule has 408 valence electrons. The average Bonchev–Trinajstić information content (AvgIpc) is 3.36. The molecule has 9 nitrogen and oxygen atoms in total. The van der Waals surface area contributed by atoms with Crippen molar-refractivity contribution in [3.8, 4) is 0 Å². The molecule has 0 aromatic carbocycles. The lowest BCUT2D eigenvalue weighted by molar-refractivity contribution is -0.305. The molecule has 1 saturated heterocycles. The highest BCUT2D eigenvalue weighted by molar-refractivity contribution is 5.69. The van der Waals surface area contributed by atoms with E-state index < -0.39 is 43.4 Å². The first-order valence-corrected chi connectivity index (χ1v) is 29.4. The van der Waals surface area contributed by atoms with Gasteiger partial charge in [-0.2, -0.15) is 0 Å². The maximum absolute atomic E-state index is 12.9. The van der Waals surface area contributed by atoms with Gasteiger partial charge in [0.1, 0.15) is 30.5 Å². The third kappa shape index (κ3) is 41.4. The number of hydrogen-bond acceptors (Lipinski definition) is 9. The van der Waals surface area contributed by atoms with E-state index in [4.69, 9.17) is 18.9 Å². The number of allylic oxidation sites excluding steroid dienone is 10. The summed E-state index contributed by atoms with van der Waals surface area (Å²) in [6.45, 7) is 4.48. The first-order valence-electron chi connectivity index (χ1n) is 29.4. The van der Waals surface area contributed by atoms with Gasteiger partial charge in [0.2, 0.25) is 0 Å². The molecule has 1 aliphatic rings. The van der Waals surface area contributed by atoms with Crippen LogP contribution in [0.25, 0.3) is 0 Å². The van der Waals surface area contributed by atoms with Crippen LogP contribution in [0.1, 0.15) is 258 Å². The van der Waals surface area contributed by atoms with E-state index in [1.54, 1.807) is 0 Å². The molecule has 1 aliphatic heterocycles. The van der Waals surface area contributed by atoms with Crippen LogP contribution >= 0.6 is 0 Å². The number of esters is 1. The Hall–Kier alpha value is -2.11. The summed E-state index contributed by atoms with van der Waals surface area (Å²) in [6.07, 6.45) is 61.3. The largest absolute Gasteiger partial charge is 0.457 e. The molecule has 9 heteroatoms. The molecule has 0 aromatic rings. The fourth-order valence-corrected chi connectivity index (χ4v) is 8.89. The number of aliphatic hydroxyl groups is 4. The second-order valence-corrected chi connectivity index (χ2v) is 20.1. The highest BCUT2D eigenvalue weighted by Gasteiger charge is 2.44. The van der Waals surface area contributed by atoms with Gasteiger partial charge in [0.25, 0.3) is 0 Å². The number of unbranched alkanes of at least 4 members (excludes halogenated alkanes) is 30. The Labute approximate surface area is 430 Å². The Kier molecular flexibility index (Phi) is 48.7. The van der Waals surface area contributed by atoms with Crippen molar-refractivity contribution in [1.29, 1.82) is 0 Å². The maximum Gasteiger partial charge on any atom is 0.306 e. The zero-order chi connectivity index (χ0) is 50.6. The van der Waals surface area contributed by atoms with Gasteiger partial charge in [-0.05, 0) is 77.0 Å². The lowest BCUT2D eigenvalue weighted by Crippen LogP contribution is -2.59. The number of ether oxygens (including phenoxy) is 4. The average molecular weight is 988 g/mol. The summed E-state index contributed by atoms with van der Waals surface area (Å²) in [6, 6.07) is 0. The fraction of sp³-hybridized carbons (Fsp3) is 0.820. The summed E-state index contributed by atoms with van der Waals surface area (Å²) < 4.78 is 23.0. The Morgan fingerprint density at radius 1 is 0.471 bits per heavy atom. The van der Waals surface area contributed by atoms with E-state index in [0.29, 0.717) is 13.0 Å². The van der Waals surface area contributed by atoms with Crippen LogP contribution in [0, 0.1) is 0 Å². The molecule has 70 heavy (non-hydrogen) atoms. The van der Waals surface area contributed by atoms with Crippen LogP contribution in [0.2, 0.25) is 0 Å². The van der Waals surface area contributed by atoms with Crippen LogP contribution in [0.4, 0.5) is 0 Å². The van der Waals surface area contributed by atoms with Crippen LogP contribution in [0.5, 0.6) is 0 Å². The molecular formula is C61H110O9. The fourth-order valence-electron chi connectivity index (χ4n) is 8.89. The molecule has 0 bridgehead atoms. The van der Waals surface area contributed by atoms with Gasteiger partial charge in [0.15, 0.2) is 6.29 Å². The SMILES string of the molecule is CC/C=C\C/C=C\C/C=C\C/C=C\CCCCCCCCCCCCCCCOCC(COC1OC(CO)C(O)C(O)C1O)OC(=O)CCCCCCCCCCC/C=C\CCCCCCCCCC. The molecule has 0 spiro atoms. The molecule has 0 saturated carbocycles. The smallest absolute Gasteiger partial charge is 0.306 e. The molecule has 0 amide bonds. The summed E-state index contributed by atoms with van der Waals surface area (Å²) >= 11 is 0. The van der Waals surface area contributed by atoms with Crippen molar-refractivity contribution in [3.05, 3.63) is 60.8 Å². The Balaban J connectivity index is 2.14. The van der Waals surface area contributed by atoms with Gasteiger partial charge < -0.3 is 39.4 Å². The molecular weight excluding hydrogens is 877 g/mol. The van der Waals surface area contributed by atoms with E-state index in [9.17, 15) is 25.2 Å². The van der Waals surface area contributed by atoms with Crippen LogP contribution < -0.4 is 0 Å². The zero-order valence-electron chi connectivity index (χ0n) is 45.3. The van der Waals surface area contributed by atoms with Gasteiger partial charge in [0.05, 0.1) is 19.8 Å². The molecule has 1 rings (SSSR count). The second-order valence-electron chi connectivity index (χ2n) is 20.1. The highest BCUT2D eigenvalue weighted by Crippen LogP contribution is 2.23. The lowest BCUT2D eigenvalue weighted by atomic mass is 9.99. The minimum atomic E-state index is -1.54. The van der Waals surface area contributed by atoms with E-state index in [1.165, 1.54) is 180 Å². The van der Waals surface area contributed by atoms with E-state index in [0.717, 1.165) is 57.8 Å². The maximum atomic E-state index is 12.9. The molecule has 0 radical (unpaired) electrons. The number of aliphatic hydroxyl groups excluding tert-OH is 4. The van der Waals surface area contributed by atoms with Gasteiger partial charge in [-0.3, -0.25) is 4.79 Å². The number of carbonyl (C=O) groups excluding carboxylic acids is 1. The van der Waals surface area contributed by atoms with Crippen LogP contribution in [-0.4, -0.2) is 89.6 Å². The van der Waals surface area contributed by atoms with Gasteiger partial charge in [-0.25, -0.2) is 0 Å². The van der Waals surface area contributed by atoms with E-state index >= 15 is 0 Å². The number of rotatable bonds is 51. The van der Waals surface area contributed by atoms with E-state index in [1.807, 2.05) is 0 Å². The molecule has 6 atom stereocenters. The second kappa shape index (κ2) is 51.8. The highest BCUT2D eigenvalue weighted by atomic mass is 16.7. The van der Waals surface area contributed by atoms with Gasteiger partial charge in [0, 0.05) is 13.0 Å². The van der Waals surface area contributed by atoms with Gasteiger partial charge >= 0.3 is 5.97 Å². The van der Waals surface area contributed by atoms with Crippen molar-refractivity contribution in [2.45, 2.75) is 295 Å². The molecule has 1 heterocycles. The number of carbonyl (C=O) groups is 1. The van der Waals surface area contributed by atoms with E-state index in [-0.39, 0.29) is 19.2 Å². The summed E-state index contributed by atoms with van der Waals surface area (Å²) in [4.78, 5) is 12.9. The number of hydrogen-bond donors (Lipinski definition) is 4. The lowest BCUT2D eigenvalue weighted by Gasteiger charge is -2.39. The third-order valence-corrected chi connectivity index (χ3v) is 13.4. The Bertz CT molecular complexity index is 1260.